The van der Waals surface area contributed by atoms with Gasteiger partial charge in [0.15, 0.2) is 0 Å². The molecule has 0 rings (SSSR count). The Bertz CT molecular complexity index is 647. The summed E-state index contributed by atoms with van der Waals surface area (Å²) >= 11 is 1.39. The number of aliphatic hydroxyl groups is 1. The van der Waals surface area contributed by atoms with E-state index in [1.165, 1.54) is 11.8 Å². The standard InChI is InChI=1S/C18H33N5O7S/c1-9(2)6-10(19)15(26)22-12(7-14(20)25)16(27)23-13(8-24)17(28)21-11(18(29)30)4-5-31-3/h9-13,24H,4-8,19H2,1-3H3,(H2,20,25)(H,21,28)(H,22,26)(H,23,27)(H,29,30). The fourth-order valence-electron chi connectivity index (χ4n) is 2.54. The highest BCUT2D eigenvalue weighted by Gasteiger charge is 2.30. The van der Waals surface area contributed by atoms with Crippen LogP contribution in [0.15, 0.2) is 0 Å². The van der Waals surface area contributed by atoms with Gasteiger partial charge in [-0.05, 0) is 30.8 Å². The number of carboxylic acid groups (broad SMARTS) is 1. The molecular weight excluding hydrogens is 430 g/mol. The molecule has 0 bridgehead atoms. The summed E-state index contributed by atoms with van der Waals surface area (Å²) in [4.78, 5) is 59.7. The van der Waals surface area contributed by atoms with Crippen molar-refractivity contribution in [3.8, 4) is 0 Å². The molecule has 178 valence electrons. The molecule has 31 heavy (non-hydrogen) atoms. The average Bonchev–Trinajstić information content (AvgIpc) is 2.66. The molecule has 0 aromatic heterocycles. The molecule has 0 aliphatic heterocycles. The van der Waals surface area contributed by atoms with Crippen molar-refractivity contribution in [2.24, 2.45) is 17.4 Å². The Morgan fingerprint density at radius 1 is 0.935 bits per heavy atom. The maximum atomic E-state index is 12.5. The number of hydrogen-bond donors (Lipinski definition) is 7. The molecule has 9 N–H and O–H groups in total. The van der Waals surface area contributed by atoms with Gasteiger partial charge in [-0.1, -0.05) is 13.8 Å². The third kappa shape index (κ3) is 11.5. The minimum atomic E-state index is -1.50. The highest BCUT2D eigenvalue weighted by Crippen LogP contribution is 2.05. The van der Waals surface area contributed by atoms with Gasteiger partial charge in [0.05, 0.1) is 19.1 Å². The molecule has 0 saturated heterocycles. The van der Waals surface area contributed by atoms with Crippen LogP contribution < -0.4 is 27.4 Å². The summed E-state index contributed by atoms with van der Waals surface area (Å²) in [7, 11) is 0. The van der Waals surface area contributed by atoms with E-state index in [1.54, 1.807) is 6.26 Å². The van der Waals surface area contributed by atoms with Gasteiger partial charge in [-0.15, -0.1) is 0 Å². The van der Waals surface area contributed by atoms with Gasteiger partial charge in [0.25, 0.3) is 0 Å². The fraction of sp³-hybridized carbons (Fsp3) is 0.722. The summed E-state index contributed by atoms with van der Waals surface area (Å²) in [6, 6.07) is -5.05. The van der Waals surface area contributed by atoms with Crippen LogP contribution in [0.5, 0.6) is 0 Å². The lowest BCUT2D eigenvalue weighted by Gasteiger charge is -2.24. The van der Waals surface area contributed by atoms with Gasteiger partial charge in [-0.3, -0.25) is 19.2 Å². The maximum Gasteiger partial charge on any atom is 0.326 e. The van der Waals surface area contributed by atoms with Gasteiger partial charge in [0, 0.05) is 0 Å². The first-order valence-corrected chi connectivity index (χ1v) is 11.1. The first kappa shape index (κ1) is 28.6. The molecule has 0 aliphatic carbocycles. The smallest absolute Gasteiger partial charge is 0.326 e. The molecule has 4 unspecified atom stereocenters. The monoisotopic (exact) mass is 463 g/mol. The van der Waals surface area contributed by atoms with E-state index >= 15 is 0 Å². The summed E-state index contributed by atoms with van der Waals surface area (Å²) in [6.07, 6.45) is 1.70. The van der Waals surface area contributed by atoms with Crippen LogP contribution in [0.2, 0.25) is 0 Å². The molecule has 4 atom stereocenters. The largest absolute Gasteiger partial charge is 0.480 e. The topological polar surface area (TPSA) is 214 Å². The van der Waals surface area contributed by atoms with E-state index in [4.69, 9.17) is 11.5 Å². The van der Waals surface area contributed by atoms with Gasteiger partial charge in [-0.25, -0.2) is 4.79 Å². The molecule has 0 radical (unpaired) electrons. The number of nitrogens with two attached hydrogens (primary N) is 2. The van der Waals surface area contributed by atoms with E-state index in [1.807, 2.05) is 13.8 Å². The Morgan fingerprint density at radius 3 is 1.90 bits per heavy atom. The van der Waals surface area contributed by atoms with Crippen molar-refractivity contribution in [1.82, 2.24) is 16.0 Å². The van der Waals surface area contributed by atoms with Crippen LogP contribution in [-0.4, -0.2) is 82.6 Å². The quantitative estimate of drug-likeness (QED) is 0.137. The first-order chi connectivity index (χ1) is 14.4. The highest BCUT2D eigenvalue weighted by molar-refractivity contribution is 7.98. The molecule has 13 heteroatoms. The van der Waals surface area contributed by atoms with E-state index in [9.17, 15) is 34.2 Å². The van der Waals surface area contributed by atoms with E-state index in [2.05, 4.69) is 16.0 Å². The predicted molar refractivity (Wildman–Crippen MR) is 115 cm³/mol. The zero-order chi connectivity index (χ0) is 24.1. The van der Waals surface area contributed by atoms with Crippen LogP contribution in [-0.2, 0) is 24.0 Å². The normalized spacial score (nSPS) is 14.8. The number of rotatable bonds is 15. The number of carbonyl (C=O) groups is 5. The molecule has 4 amide bonds. The van der Waals surface area contributed by atoms with Crippen LogP contribution in [0.25, 0.3) is 0 Å². The van der Waals surface area contributed by atoms with Gasteiger partial charge < -0.3 is 37.6 Å². The zero-order valence-electron chi connectivity index (χ0n) is 17.9. The Labute approximate surface area is 185 Å². The molecule has 0 aromatic rings. The lowest BCUT2D eigenvalue weighted by molar-refractivity contribution is -0.142. The molecule has 0 aliphatic rings. The van der Waals surface area contributed by atoms with Gasteiger partial charge in [-0.2, -0.15) is 11.8 Å². The Morgan fingerprint density at radius 2 is 1.45 bits per heavy atom. The number of primary amides is 1. The Kier molecular flexibility index (Phi) is 13.5. The Hall–Kier alpha value is -2.38. The second kappa shape index (κ2) is 14.6. The summed E-state index contributed by atoms with van der Waals surface area (Å²) < 4.78 is 0. The minimum Gasteiger partial charge on any atom is -0.480 e. The van der Waals surface area contributed by atoms with Gasteiger partial charge >= 0.3 is 5.97 Å². The highest BCUT2D eigenvalue weighted by atomic mass is 32.2. The van der Waals surface area contributed by atoms with Crippen LogP contribution in [0, 0.1) is 5.92 Å². The SMILES string of the molecule is CSCCC(NC(=O)C(CO)NC(=O)C(CC(N)=O)NC(=O)C(N)CC(C)C)C(=O)O. The maximum absolute atomic E-state index is 12.5. The van der Waals surface area contributed by atoms with Crippen LogP contribution in [0.4, 0.5) is 0 Å². The summed E-state index contributed by atoms with van der Waals surface area (Å²) in [6.45, 7) is 2.88. The molecule has 12 nitrogen and oxygen atoms in total. The van der Waals surface area contributed by atoms with Crippen molar-refractivity contribution < 1.29 is 34.2 Å². The van der Waals surface area contributed by atoms with Crippen molar-refractivity contribution in [3.05, 3.63) is 0 Å². The third-order valence-corrected chi connectivity index (χ3v) is 4.79. The van der Waals surface area contributed by atoms with E-state index in [0.717, 1.165) is 0 Å². The first-order valence-electron chi connectivity index (χ1n) is 9.70. The number of carbonyl (C=O) groups excluding carboxylic acids is 4. The summed E-state index contributed by atoms with van der Waals surface area (Å²) in [5.74, 6) is -4.12. The number of nitrogens with one attached hydrogen (secondary N) is 3. The van der Waals surface area contributed by atoms with E-state index in [0.29, 0.717) is 12.2 Å². The fourth-order valence-corrected chi connectivity index (χ4v) is 3.01. The Balaban J connectivity index is 5.21. The van der Waals surface area contributed by atoms with Crippen LogP contribution >= 0.6 is 11.8 Å². The van der Waals surface area contributed by atoms with Crippen LogP contribution in [0.1, 0.15) is 33.1 Å². The zero-order valence-corrected chi connectivity index (χ0v) is 18.7. The van der Waals surface area contributed by atoms with Crippen molar-refractivity contribution in [2.75, 3.05) is 18.6 Å². The van der Waals surface area contributed by atoms with Gasteiger partial charge in [0.2, 0.25) is 23.6 Å². The van der Waals surface area contributed by atoms with Crippen molar-refractivity contribution in [3.63, 3.8) is 0 Å². The van der Waals surface area contributed by atoms with E-state index in [-0.39, 0.29) is 12.3 Å². The summed E-state index contributed by atoms with van der Waals surface area (Å²) in [5, 5.41) is 25.4. The predicted octanol–water partition coefficient (Wildman–Crippen LogP) is -2.48. The molecule has 0 heterocycles. The summed E-state index contributed by atoms with van der Waals surface area (Å²) in [5.41, 5.74) is 10.9. The number of carboxylic acids is 1. The lowest BCUT2D eigenvalue weighted by atomic mass is 10.0. The lowest BCUT2D eigenvalue weighted by Crippen LogP contribution is -2.58. The average molecular weight is 464 g/mol. The molecule has 0 spiro atoms. The molecule has 0 saturated carbocycles. The number of aliphatic hydroxyl groups excluding tert-OH is 1. The number of hydrogen-bond acceptors (Lipinski definition) is 8. The molecule has 0 fully saturated rings. The number of aliphatic carboxylic acids is 1. The number of thioether (sulfide) groups is 1. The van der Waals surface area contributed by atoms with Crippen molar-refractivity contribution in [1.29, 1.82) is 0 Å². The molecule has 0 aromatic carbocycles. The van der Waals surface area contributed by atoms with Gasteiger partial charge in [0.1, 0.15) is 18.1 Å². The second-order valence-electron chi connectivity index (χ2n) is 7.39. The minimum absolute atomic E-state index is 0.111. The second-order valence-corrected chi connectivity index (χ2v) is 8.38. The van der Waals surface area contributed by atoms with E-state index < -0.39 is 66.8 Å². The van der Waals surface area contributed by atoms with Crippen molar-refractivity contribution >= 4 is 41.4 Å². The molecular formula is C18H33N5O7S. The number of amides is 4. The van der Waals surface area contributed by atoms with Crippen molar-refractivity contribution in [2.45, 2.75) is 57.3 Å². The van der Waals surface area contributed by atoms with Crippen LogP contribution in [0.3, 0.4) is 0 Å². The third-order valence-electron chi connectivity index (χ3n) is 4.14.